The number of thiophene rings is 1. The van der Waals surface area contributed by atoms with E-state index in [0.717, 1.165) is 61.5 Å². The van der Waals surface area contributed by atoms with E-state index in [0.29, 0.717) is 0 Å². The summed E-state index contributed by atoms with van der Waals surface area (Å²) in [5.74, 6) is -0.600. The van der Waals surface area contributed by atoms with Crippen molar-refractivity contribution in [1.29, 1.82) is 0 Å². The Labute approximate surface area is 286 Å². The largest absolute Gasteiger partial charge is 0.464 e. The van der Waals surface area contributed by atoms with Crippen LogP contribution in [-0.4, -0.2) is 6.71 Å². The highest BCUT2D eigenvalue weighted by Gasteiger charge is 2.44. The predicted molar refractivity (Wildman–Crippen MR) is 202 cm³/mol. The van der Waals surface area contributed by atoms with Crippen molar-refractivity contribution in [1.82, 2.24) is 0 Å². The Kier molecular flexibility index (Phi) is 5.87. The highest BCUT2D eigenvalue weighted by molar-refractivity contribution is 7.26. The molecular formula is C42H29BF2N2OS. The summed E-state index contributed by atoms with van der Waals surface area (Å²) in [5, 5.41) is 3.48. The van der Waals surface area contributed by atoms with Crippen molar-refractivity contribution in [2.24, 2.45) is 0 Å². The number of hydrogen-bond acceptors (Lipinski definition) is 4. The van der Waals surface area contributed by atoms with Crippen LogP contribution in [0.15, 0.2) is 126 Å². The first-order chi connectivity index (χ1) is 23.8. The summed E-state index contributed by atoms with van der Waals surface area (Å²) in [6, 6.07) is 37.4. The molecular weight excluding hydrogens is 629 g/mol. The maximum Gasteiger partial charge on any atom is 0.252 e. The lowest BCUT2D eigenvalue weighted by molar-refractivity contribution is 0.596. The van der Waals surface area contributed by atoms with Gasteiger partial charge in [0.1, 0.15) is 17.2 Å². The van der Waals surface area contributed by atoms with Crippen LogP contribution in [0.4, 0.5) is 42.9 Å². The van der Waals surface area contributed by atoms with Crippen LogP contribution in [0.25, 0.3) is 31.1 Å². The van der Waals surface area contributed by atoms with Crippen LogP contribution >= 0.6 is 11.3 Å². The molecule has 3 nitrogen and oxygen atoms in total. The van der Waals surface area contributed by atoms with Crippen LogP contribution in [-0.2, 0) is 5.41 Å². The van der Waals surface area contributed by atoms with Gasteiger partial charge in [-0.25, -0.2) is 8.78 Å². The van der Waals surface area contributed by atoms with Crippen molar-refractivity contribution in [2.75, 3.05) is 9.80 Å². The molecule has 0 saturated heterocycles. The average molecular weight is 659 g/mol. The molecule has 0 amide bonds. The van der Waals surface area contributed by atoms with Crippen molar-refractivity contribution < 1.29 is 13.2 Å². The van der Waals surface area contributed by atoms with Gasteiger partial charge in [0, 0.05) is 55.4 Å². The van der Waals surface area contributed by atoms with Gasteiger partial charge in [-0.15, -0.1) is 11.3 Å². The SMILES string of the molecule is CC(C)(C)c1cccc2sc3c4c(ccc3c12)B1c2cc3ccoc3cc2N(c2cccc(F)c2)c2cccc(c21)N4c1cccc(F)c1. The lowest BCUT2D eigenvalue weighted by Crippen LogP contribution is -2.61. The molecule has 2 aliphatic rings. The summed E-state index contributed by atoms with van der Waals surface area (Å²) in [6.07, 6.45) is 1.72. The summed E-state index contributed by atoms with van der Waals surface area (Å²) >= 11 is 1.80. The fourth-order valence-electron chi connectivity index (χ4n) is 8.15. The van der Waals surface area contributed by atoms with Gasteiger partial charge in [-0.2, -0.15) is 0 Å². The first kappa shape index (κ1) is 28.6. The molecule has 10 rings (SSSR count). The monoisotopic (exact) mass is 658 g/mol. The van der Waals surface area contributed by atoms with Crippen molar-refractivity contribution in [2.45, 2.75) is 26.2 Å². The molecule has 236 valence electrons. The second kappa shape index (κ2) is 10.1. The van der Waals surface area contributed by atoms with Gasteiger partial charge in [-0.05, 0) is 88.0 Å². The van der Waals surface area contributed by atoms with E-state index >= 15 is 4.39 Å². The minimum absolute atomic E-state index is 0.0498. The van der Waals surface area contributed by atoms with E-state index in [4.69, 9.17) is 4.42 Å². The Morgan fingerprint density at radius 1 is 0.673 bits per heavy atom. The van der Waals surface area contributed by atoms with Gasteiger partial charge in [0.05, 0.1) is 16.7 Å². The Balaban J connectivity index is 1.36. The Morgan fingerprint density at radius 2 is 1.37 bits per heavy atom. The Hall–Kier alpha value is -5.40. The number of fused-ring (bicyclic) bond motifs is 9. The molecule has 0 saturated carbocycles. The quantitative estimate of drug-likeness (QED) is 0.172. The molecule has 2 aliphatic heterocycles. The minimum atomic E-state index is -0.307. The summed E-state index contributed by atoms with van der Waals surface area (Å²) in [4.78, 5) is 4.38. The predicted octanol–water partition coefficient (Wildman–Crippen LogP) is 10.5. The Bertz CT molecular complexity index is 2670. The summed E-state index contributed by atoms with van der Waals surface area (Å²) in [5.41, 5.74) is 10.8. The molecule has 7 heteroatoms. The minimum Gasteiger partial charge on any atom is -0.464 e. The van der Waals surface area contributed by atoms with E-state index in [1.165, 1.54) is 37.9 Å². The zero-order chi connectivity index (χ0) is 33.2. The smallest absolute Gasteiger partial charge is 0.252 e. The highest BCUT2D eigenvalue weighted by atomic mass is 32.1. The van der Waals surface area contributed by atoms with Gasteiger partial charge >= 0.3 is 0 Å². The molecule has 0 fully saturated rings. The van der Waals surface area contributed by atoms with E-state index in [9.17, 15) is 4.39 Å². The van der Waals surface area contributed by atoms with Gasteiger partial charge < -0.3 is 14.2 Å². The van der Waals surface area contributed by atoms with Gasteiger partial charge in [0.15, 0.2) is 0 Å². The molecule has 6 aromatic carbocycles. The van der Waals surface area contributed by atoms with Crippen LogP contribution in [0.1, 0.15) is 26.3 Å². The lowest BCUT2D eigenvalue weighted by Gasteiger charge is -2.44. The molecule has 8 aromatic rings. The maximum atomic E-state index is 15.1. The molecule has 2 aromatic heterocycles. The number of hydrogen-bond donors (Lipinski definition) is 0. The first-order valence-corrected chi connectivity index (χ1v) is 17.3. The molecule has 0 radical (unpaired) electrons. The number of benzene rings is 6. The number of anilines is 6. The Morgan fingerprint density at radius 3 is 2.10 bits per heavy atom. The second-order valence-corrected chi connectivity index (χ2v) is 15.1. The third-order valence-electron chi connectivity index (χ3n) is 10.1. The average Bonchev–Trinajstić information content (AvgIpc) is 3.71. The molecule has 0 aliphatic carbocycles. The molecule has 0 unspecified atom stereocenters. The number of furan rings is 1. The second-order valence-electron chi connectivity index (χ2n) is 14.1. The molecule has 0 bridgehead atoms. The topological polar surface area (TPSA) is 19.6 Å². The third-order valence-corrected chi connectivity index (χ3v) is 11.3. The van der Waals surface area contributed by atoms with Crippen LogP contribution in [0.5, 0.6) is 0 Å². The van der Waals surface area contributed by atoms with Crippen LogP contribution in [0.2, 0.25) is 0 Å². The standard InChI is InChI=1S/C42H29BF2N2OS/c1-42(2,3)30-12-6-15-37-38(30)29-16-17-31-40(41(29)49-37)47(28-11-5-9-26(45)22-28)34-14-7-13-33-39(34)43(31)32-20-24-18-19-48-36(24)23-35(32)46(33)27-10-4-8-25(44)21-27/h4-23H,1-3H3. The number of nitrogens with zero attached hydrogens (tertiary/aromatic N) is 2. The fourth-order valence-corrected chi connectivity index (χ4v) is 9.43. The zero-order valence-electron chi connectivity index (χ0n) is 27.1. The van der Waals surface area contributed by atoms with Gasteiger partial charge in [-0.3, -0.25) is 0 Å². The summed E-state index contributed by atoms with van der Waals surface area (Å²) in [6.45, 7) is 6.66. The van der Waals surface area contributed by atoms with Crippen molar-refractivity contribution in [3.63, 3.8) is 0 Å². The van der Waals surface area contributed by atoms with Gasteiger partial charge in [0.25, 0.3) is 6.71 Å². The van der Waals surface area contributed by atoms with E-state index in [-0.39, 0.29) is 23.8 Å². The van der Waals surface area contributed by atoms with Crippen molar-refractivity contribution in [3.8, 4) is 0 Å². The number of rotatable bonds is 2. The lowest BCUT2D eigenvalue weighted by atomic mass is 9.33. The molecule has 49 heavy (non-hydrogen) atoms. The zero-order valence-corrected chi connectivity index (χ0v) is 27.9. The maximum absolute atomic E-state index is 15.1. The summed E-state index contributed by atoms with van der Waals surface area (Å²) < 4.78 is 38.3. The van der Waals surface area contributed by atoms with Crippen molar-refractivity contribution >= 4 is 99.7 Å². The van der Waals surface area contributed by atoms with Gasteiger partial charge in [0.2, 0.25) is 0 Å². The van der Waals surface area contributed by atoms with Crippen LogP contribution < -0.4 is 26.2 Å². The third kappa shape index (κ3) is 4.06. The van der Waals surface area contributed by atoms with Gasteiger partial charge in [-0.1, -0.05) is 69.3 Å². The van der Waals surface area contributed by atoms with Crippen LogP contribution in [0, 0.1) is 11.6 Å². The van der Waals surface area contributed by atoms with E-state index in [1.807, 2.05) is 24.3 Å². The molecule has 0 N–H and O–H groups in total. The van der Waals surface area contributed by atoms with Crippen molar-refractivity contribution in [3.05, 3.63) is 139 Å². The number of halogens is 2. The van der Waals surface area contributed by atoms with E-state index < -0.39 is 0 Å². The van der Waals surface area contributed by atoms with E-state index in [1.54, 1.807) is 41.9 Å². The first-order valence-electron chi connectivity index (χ1n) is 16.5. The fraction of sp³-hybridized carbons (Fsp3) is 0.0952. The summed E-state index contributed by atoms with van der Waals surface area (Å²) in [7, 11) is 0. The molecule has 0 spiro atoms. The molecule has 4 heterocycles. The van der Waals surface area contributed by atoms with E-state index in [2.05, 4.69) is 85.2 Å². The molecule has 0 atom stereocenters. The normalized spacial score (nSPS) is 13.7. The van der Waals surface area contributed by atoms with Crippen LogP contribution in [0.3, 0.4) is 0 Å². The highest BCUT2D eigenvalue weighted by Crippen LogP contribution is 2.50.